The van der Waals surface area contributed by atoms with Crippen LogP contribution in [0, 0.1) is 13.8 Å². The third kappa shape index (κ3) is 13.9. The molecule has 0 radical (unpaired) electrons. The van der Waals surface area contributed by atoms with Crippen LogP contribution in [0.3, 0.4) is 0 Å². The molecule has 0 spiro atoms. The van der Waals surface area contributed by atoms with E-state index in [0.29, 0.717) is 36.7 Å². The molecule has 0 amide bonds. The lowest BCUT2D eigenvalue weighted by Gasteiger charge is -2.08. The molecule has 0 bridgehead atoms. The number of benzene rings is 4. The zero-order valence-electron chi connectivity index (χ0n) is 33.3. The van der Waals surface area contributed by atoms with Crippen LogP contribution in [0.1, 0.15) is 62.6 Å². The van der Waals surface area contributed by atoms with E-state index in [1.807, 2.05) is 98.8 Å². The summed E-state index contributed by atoms with van der Waals surface area (Å²) in [5, 5.41) is 8.90. The molecule has 14 heteroatoms. The molecule has 6 rings (SSSR count). The topological polar surface area (TPSA) is 237 Å². The normalized spacial score (nSPS) is 10.2. The maximum absolute atomic E-state index is 12.8. The number of carboxylic acid groups (broad SMARTS) is 1. The van der Waals surface area contributed by atoms with Crippen molar-refractivity contribution in [3.8, 4) is 22.5 Å². The average molecular weight is 798 g/mol. The van der Waals surface area contributed by atoms with E-state index < -0.39 is 5.97 Å². The number of ketones is 1. The summed E-state index contributed by atoms with van der Waals surface area (Å²) in [6.07, 6.45) is 3.70. The van der Waals surface area contributed by atoms with Gasteiger partial charge in [0.2, 0.25) is 0 Å². The highest BCUT2D eigenvalue weighted by Gasteiger charge is 2.16. The van der Waals surface area contributed by atoms with E-state index in [2.05, 4.69) is 19.9 Å². The Labute approximate surface area is 342 Å². The number of hydrogen-bond donors (Lipinski definition) is 4. The maximum Gasteiger partial charge on any atom is 0.358 e. The molecule has 0 saturated carbocycles. The molecule has 0 aliphatic carbocycles. The van der Waals surface area contributed by atoms with E-state index in [1.165, 1.54) is 6.20 Å². The third-order valence-corrected chi connectivity index (χ3v) is 8.44. The molecule has 0 atom stereocenters. The Morgan fingerprint density at radius 1 is 0.542 bits per heavy atom. The summed E-state index contributed by atoms with van der Waals surface area (Å²) in [6, 6.07) is 29.9. The number of esters is 2. The van der Waals surface area contributed by atoms with Gasteiger partial charge in [-0.1, -0.05) is 96.1 Å². The first-order valence-corrected chi connectivity index (χ1v) is 18.6. The molecule has 59 heavy (non-hydrogen) atoms. The molecule has 2 heterocycles. The summed E-state index contributed by atoms with van der Waals surface area (Å²) in [4.78, 5) is 62.7. The number of nitrogens with two attached hydrogens (primary N) is 3. The van der Waals surface area contributed by atoms with Crippen molar-refractivity contribution in [3.05, 3.63) is 149 Å². The van der Waals surface area contributed by atoms with Crippen LogP contribution >= 0.6 is 0 Å². The Balaban J connectivity index is 0.000000216. The summed E-state index contributed by atoms with van der Waals surface area (Å²) >= 11 is 0. The van der Waals surface area contributed by atoms with Gasteiger partial charge < -0.3 is 31.8 Å². The van der Waals surface area contributed by atoms with Gasteiger partial charge in [-0.15, -0.1) is 0 Å². The predicted molar refractivity (Wildman–Crippen MR) is 226 cm³/mol. The van der Waals surface area contributed by atoms with Crippen molar-refractivity contribution in [2.45, 2.75) is 47.0 Å². The van der Waals surface area contributed by atoms with E-state index in [4.69, 9.17) is 31.8 Å². The van der Waals surface area contributed by atoms with E-state index in [1.54, 1.807) is 32.2 Å². The molecular formula is C45H47N7O7. The third-order valence-electron chi connectivity index (χ3n) is 8.44. The van der Waals surface area contributed by atoms with Crippen LogP contribution in [0.15, 0.2) is 109 Å². The second-order valence-electron chi connectivity index (χ2n) is 13.1. The first-order chi connectivity index (χ1) is 28.3. The average Bonchev–Trinajstić information content (AvgIpc) is 3.21. The number of Topliss-reactive ketones (excluding diaryl/α,β-unsaturated/α-hetero) is 1. The van der Waals surface area contributed by atoms with Crippen molar-refractivity contribution < 1.29 is 33.8 Å². The van der Waals surface area contributed by atoms with Crippen LogP contribution in [0.5, 0.6) is 0 Å². The summed E-state index contributed by atoms with van der Waals surface area (Å²) in [5.74, 6) is -1.82. The lowest BCUT2D eigenvalue weighted by molar-refractivity contribution is -0.143. The summed E-state index contributed by atoms with van der Waals surface area (Å²) in [5.41, 5.74) is 25.1. The van der Waals surface area contributed by atoms with Gasteiger partial charge in [-0.3, -0.25) is 14.4 Å². The molecular weight excluding hydrogens is 751 g/mol. The number of nitrogens with zero attached hydrogens (tertiary/aromatic N) is 4. The largest absolute Gasteiger partial charge is 0.476 e. The van der Waals surface area contributed by atoms with Gasteiger partial charge in [-0.2, -0.15) is 0 Å². The summed E-state index contributed by atoms with van der Waals surface area (Å²) in [7, 11) is 0. The predicted octanol–water partition coefficient (Wildman–Crippen LogP) is 6.67. The van der Waals surface area contributed by atoms with Gasteiger partial charge in [0.1, 0.15) is 5.69 Å². The second-order valence-corrected chi connectivity index (χ2v) is 13.1. The molecule has 304 valence electrons. The van der Waals surface area contributed by atoms with Crippen molar-refractivity contribution in [2.24, 2.45) is 0 Å². The number of anilines is 3. The SMILES string of the molecule is CCOC(=O)Cc1ccc(CC(=O)c2nc(-c3ccc(C)cc3)cnc2N)cc1.CCOC(=O)Cc1ccc(N)cc1.Cc1ccc(-c2cnc(N)c(C(=O)O)n2)cc1. The van der Waals surface area contributed by atoms with Gasteiger partial charge in [0.15, 0.2) is 23.1 Å². The van der Waals surface area contributed by atoms with Crippen LogP contribution in [-0.4, -0.2) is 61.9 Å². The fourth-order valence-electron chi connectivity index (χ4n) is 5.32. The number of aromatic carboxylic acids is 1. The van der Waals surface area contributed by atoms with E-state index in [-0.39, 0.29) is 53.6 Å². The zero-order chi connectivity index (χ0) is 42.9. The van der Waals surface area contributed by atoms with E-state index in [9.17, 15) is 19.2 Å². The smallest absolute Gasteiger partial charge is 0.358 e. The monoisotopic (exact) mass is 797 g/mol. The molecule has 0 saturated heterocycles. The Bertz CT molecular complexity index is 2350. The van der Waals surface area contributed by atoms with Crippen LogP contribution in [0.4, 0.5) is 17.3 Å². The van der Waals surface area contributed by atoms with Gasteiger partial charge in [0.25, 0.3) is 0 Å². The second kappa shape index (κ2) is 21.7. The highest BCUT2D eigenvalue weighted by atomic mass is 16.5. The van der Waals surface area contributed by atoms with E-state index in [0.717, 1.165) is 38.9 Å². The lowest BCUT2D eigenvalue weighted by Crippen LogP contribution is -2.12. The molecule has 0 aliphatic rings. The molecule has 7 N–H and O–H groups in total. The molecule has 2 aromatic heterocycles. The minimum Gasteiger partial charge on any atom is -0.476 e. The number of ether oxygens (including phenoxy) is 2. The summed E-state index contributed by atoms with van der Waals surface area (Å²) < 4.78 is 9.75. The fourth-order valence-corrected chi connectivity index (χ4v) is 5.32. The minimum absolute atomic E-state index is 0.0756. The number of carbonyl (C=O) groups excluding carboxylic acids is 3. The van der Waals surface area contributed by atoms with Crippen LogP contribution < -0.4 is 17.2 Å². The first kappa shape index (κ1) is 44.2. The van der Waals surface area contributed by atoms with Crippen molar-refractivity contribution in [3.63, 3.8) is 0 Å². The number of hydrogen-bond acceptors (Lipinski definition) is 13. The number of nitrogen functional groups attached to an aromatic ring is 3. The highest BCUT2D eigenvalue weighted by molar-refractivity contribution is 5.99. The van der Waals surface area contributed by atoms with Gasteiger partial charge in [-0.25, -0.2) is 24.7 Å². The van der Waals surface area contributed by atoms with Crippen molar-refractivity contribution >= 4 is 41.0 Å². The van der Waals surface area contributed by atoms with Gasteiger partial charge in [-0.05, 0) is 56.5 Å². The van der Waals surface area contributed by atoms with Crippen LogP contribution in [-0.2, 0) is 38.3 Å². The summed E-state index contributed by atoms with van der Waals surface area (Å²) in [6.45, 7) is 8.33. The number of aryl methyl sites for hydroxylation is 2. The first-order valence-electron chi connectivity index (χ1n) is 18.6. The molecule has 14 nitrogen and oxygen atoms in total. The standard InChI is InChI=1S/C23H23N3O3.C12H11N3O2.C10H13NO2/c1-3-29-21(28)13-17-8-6-16(7-9-17)12-20(27)22-23(24)25-14-19(26-22)18-10-4-15(2)5-11-18;1-7-2-4-8(5-3-7)9-6-14-11(13)10(15-9)12(16)17;1-2-13-10(12)7-8-3-5-9(11)6-4-8/h4-11,14H,3,12-13H2,1-2H3,(H2,24,25);2-6H,1H3,(H2,13,14)(H,16,17);3-6H,2,7,11H2,1H3. The zero-order valence-corrected chi connectivity index (χ0v) is 33.3. The number of carboxylic acids is 1. The minimum atomic E-state index is -1.18. The Morgan fingerprint density at radius 3 is 1.32 bits per heavy atom. The van der Waals surface area contributed by atoms with Crippen molar-refractivity contribution in [1.29, 1.82) is 0 Å². The van der Waals surface area contributed by atoms with Gasteiger partial charge in [0.05, 0.1) is 49.8 Å². The van der Waals surface area contributed by atoms with Gasteiger partial charge in [0, 0.05) is 23.2 Å². The Kier molecular flexibility index (Phi) is 16.3. The molecule has 4 aromatic carbocycles. The molecule has 0 fully saturated rings. The van der Waals surface area contributed by atoms with Crippen molar-refractivity contribution in [2.75, 3.05) is 30.4 Å². The fraction of sp³-hybridized carbons (Fsp3) is 0.200. The molecule has 0 unspecified atom stereocenters. The number of rotatable bonds is 12. The van der Waals surface area contributed by atoms with Crippen molar-refractivity contribution in [1.82, 2.24) is 19.9 Å². The van der Waals surface area contributed by atoms with Crippen LogP contribution in [0.25, 0.3) is 22.5 Å². The molecule has 0 aliphatic heterocycles. The highest BCUT2D eigenvalue weighted by Crippen LogP contribution is 2.21. The Morgan fingerprint density at radius 2 is 0.915 bits per heavy atom. The van der Waals surface area contributed by atoms with Crippen LogP contribution in [0.2, 0.25) is 0 Å². The quantitative estimate of drug-likeness (QED) is 0.0575. The molecule has 6 aromatic rings. The Hall–Kier alpha value is -7.48. The maximum atomic E-state index is 12.8. The lowest BCUT2D eigenvalue weighted by atomic mass is 10.0. The number of carbonyl (C=O) groups is 4. The number of aromatic nitrogens is 4. The van der Waals surface area contributed by atoms with Gasteiger partial charge >= 0.3 is 17.9 Å². The van der Waals surface area contributed by atoms with E-state index >= 15 is 0 Å².